The molecule has 0 spiro atoms. The van der Waals surface area contributed by atoms with Crippen LogP contribution in [0.1, 0.15) is 54.5 Å². The molecule has 0 aromatic heterocycles. The number of hydrogen-bond donors (Lipinski definition) is 2. The Morgan fingerprint density at radius 1 is 1.20 bits per heavy atom. The van der Waals surface area contributed by atoms with Crippen LogP contribution in [0.3, 0.4) is 0 Å². The lowest BCUT2D eigenvalue weighted by atomic mass is 9.91. The van der Waals surface area contributed by atoms with Crippen molar-refractivity contribution in [3.8, 4) is 0 Å². The fraction of sp³-hybridized carbons (Fsp3) is 0.536. The summed E-state index contributed by atoms with van der Waals surface area (Å²) in [6.45, 7) is 6.11. The molecule has 2 aromatic rings. The van der Waals surface area contributed by atoms with E-state index in [0.717, 1.165) is 30.5 Å². The first-order valence-corrected chi connectivity index (χ1v) is 13.0. The maximum Gasteiger partial charge on any atom is 0.310 e. The van der Waals surface area contributed by atoms with Gasteiger partial charge in [-0.1, -0.05) is 53.6 Å². The first-order valence-electron chi connectivity index (χ1n) is 12.6. The Morgan fingerprint density at radius 3 is 2.71 bits per heavy atom. The number of aryl methyl sites for hydroxylation is 1. The van der Waals surface area contributed by atoms with E-state index in [-0.39, 0.29) is 18.0 Å². The van der Waals surface area contributed by atoms with Crippen LogP contribution in [0, 0.1) is 12.8 Å². The van der Waals surface area contributed by atoms with Crippen LogP contribution >= 0.6 is 11.6 Å². The number of aliphatic hydroxyl groups is 2. The number of carbonyl (C=O) groups excluding carboxylic acids is 1. The van der Waals surface area contributed by atoms with Crippen LogP contribution in [0.5, 0.6) is 0 Å². The summed E-state index contributed by atoms with van der Waals surface area (Å²) in [5.41, 5.74) is 4.33. The quantitative estimate of drug-likeness (QED) is 0.557. The zero-order valence-corrected chi connectivity index (χ0v) is 21.3. The number of carbonyl (C=O) groups is 1. The van der Waals surface area contributed by atoms with Gasteiger partial charge in [-0.25, -0.2) is 0 Å². The normalized spacial score (nSPS) is 27.5. The van der Waals surface area contributed by atoms with Gasteiger partial charge in [0.05, 0.1) is 30.8 Å². The van der Waals surface area contributed by atoms with Gasteiger partial charge in [-0.3, -0.25) is 9.69 Å². The van der Waals surface area contributed by atoms with E-state index >= 15 is 0 Å². The summed E-state index contributed by atoms with van der Waals surface area (Å²) in [5, 5.41) is 22.0. The second kappa shape index (κ2) is 11.8. The number of likely N-dealkylation sites (tertiary alicyclic amines) is 1. The van der Waals surface area contributed by atoms with E-state index in [1.165, 1.54) is 11.1 Å². The van der Waals surface area contributed by atoms with Gasteiger partial charge in [0.15, 0.2) is 0 Å². The van der Waals surface area contributed by atoms with Gasteiger partial charge < -0.3 is 19.7 Å². The monoisotopic (exact) mass is 501 g/mol. The van der Waals surface area contributed by atoms with E-state index in [4.69, 9.17) is 21.1 Å². The van der Waals surface area contributed by atoms with Gasteiger partial charge in [0.1, 0.15) is 6.10 Å². The van der Waals surface area contributed by atoms with Crippen molar-refractivity contribution in [2.24, 2.45) is 5.92 Å². The number of aliphatic hydroxyl groups excluding tert-OH is 2. The zero-order chi connectivity index (χ0) is 24.9. The van der Waals surface area contributed by atoms with E-state index in [1.807, 2.05) is 25.1 Å². The molecule has 2 aliphatic rings. The molecule has 190 valence electrons. The van der Waals surface area contributed by atoms with E-state index in [2.05, 4.69) is 36.1 Å². The Kier molecular flexibility index (Phi) is 8.84. The first-order chi connectivity index (χ1) is 16.8. The Hall–Kier alpha value is -1.96. The molecule has 2 aliphatic heterocycles. The highest BCUT2D eigenvalue weighted by Crippen LogP contribution is 2.35. The van der Waals surface area contributed by atoms with Crippen LogP contribution in [-0.4, -0.2) is 65.6 Å². The van der Waals surface area contributed by atoms with Gasteiger partial charge in [-0.2, -0.15) is 0 Å². The molecular formula is C28H36ClNO5. The molecule has 2 heterocycles. The molecule has 35 heavy (non-hydrogen) atoms. The van der Waals surface area contributed by atoms with Crippen molar-refractivity contribution >= 4 is 17.6 Å². The average molecular weight is 502 g/mol. The topological polar surface area (TPSA) is 79.2 Å². The van der Waals surface area contributed by atoms with Crippen LogP contribution < -0.4 is 0 Å². The molecule has 5 unspecified atom stereocenters. The first kappa shape index (κ1) is 26.1. The number of ether oxygens (including phenoxy) is 2. The van der Waals surface area contributed by atoms with Crippen molar-refractivity contribution < 1.29 is 24.5 Å². The number of rotatable bonds is 7. The maximum atomic E-state index is 12.2. The number of nitrogens with zero attached hydrogens (tertiary/aromatic N) is 1. The summed E-state index contributed by atoms with van der Waals surface area (Å²) in [5.74, 6) is -0.326. The zero-order valence-electron chi connectivity index (χ0n) is 20.5. The Bertz CT molecular complexity index is 997. The van der Waals surface area contributed by atoms with E-state index < -0.39 is 18.3 Å². The second-order valence-electron chi connectivity index (χ2n) is 9.82. The van der Waals surface area contributed by atoms with Crippen molar-refractivity contribution in [1.82, 2.24) is 4.90 Å². The van der Waals surface area contributed by atoms with Gasteiger partial charge in [0.25, 0.3) is 0 Å². The molecule has 0 saturated carbocycles. The lowest BCUT2D eigenvalue weighted by molar-refractivity contribution is -0.178. The average Bonchev–Trinajstić information content (AvgIpc) is 2.85. The highest BCUT2D eigenvalue weighted by atomic mass is 35.5. The lowest BCUT2D eigenvalue weighted by Gasteiger charge is -2.41. The number of hydrogen-bond acceptors (Lipinski definition) is 6. The van der Waals surface area contributed by atoms with Crippen molar-refractivity contribution in [3.63, 3.8) is 0 Å². The minimum atomic E-state index is -0.978. The van der Waals surface area contributed by atoms with Crippen LogP contribution in [0.25, 0.3) is 0 Å². The van der Waals surface area contributed by atoms with Gasteiger partial charge >= 0.3 is 5.97 Å². The summed E-state index contributed by atoms with van der Waals surface area (Å²) in [7, 11) is 0. The molecule has 2 saturated heterocycles. The second-order valence-corrected chi connectivity index (χ2v) is 10.2. The molecule has 2 fully saturated rings. The minimum Gasteiger partial charge on any atom is -0.466 e. The van der Waals surface area contributed by atoms with Gasteiger partial charge in [-0.05, 0) is 62.4 Å². The Morgan fingerprint density at radius 2 is 1.97 bits per heavy atom. The summed E-state index contributed by atoms with van der Waals surface area (Å²) in [6, 6.07) is 14.3. The van der Waals surface area contributed by atoms with Gasteiger partial charge in [0, 0.05) is 24.5 Å². The largest absolute Gasteiger partial charge is 0.466 e. The predicted molar refractivity (Wildman–Crippen MR) is 135 cm³/mol. The molecule has 5 atom stereocenters. The van der Waals surface area contributed by atoms with Crippen LogP contribution in [0.15, 0.2) is 42.5 Å². The molecule has 0 bridgehead atoms. The molecule has 2 N–H and O–H groups in total. The summed E-state index contributed by atoms with van der Waals surface area (Å²) in [4.78, 5) is 14.4. The molecule has 4 rings (SSSR count). The highest BCUT2D eigenvalue weighted by molar-refractivity contribution is 6.31. The van der Waals surface area contributed by atoms with Crippen LogP contribution in [0.2, 0.25) is 5.02 Å². The lowest BCUT2D eigenvalue weighted by Crippen LogP contribution is -2.52. The third-order valence-corrected chi connectivity index (χ3v) is 7.46. The maximum absolute atomic E-state index is 12.2. The minimum absolute atomic E-state index is 0.161. The van der Waals surface area contributed by atoms with Gasteiger partial charge in [0.2, 0.25) is 0 Å². The summed E-state index contributed by atoms with van der Waals surface area (Å²) < 4.78 is 11.6. The van der Waals surface area contributed by atoms with Crippen molar-refractivity contribution in [2.75, 3.05) is 26.2 Å². The molecule has 2 aromatic carbocycles. The predicted octanol–water partition coefficient (Wildman–Crippen LogP) is 4.07. The standard InChI is InChI=1S/C28H36ClNO5/c1-3-34-28(33)21-5-4-12-30(16-21)17-26-27(32)24(31)15-25(35-26)20-10-11-23(29)22(14-20)13-19-8-6-18(2)7-9-19/h6-11,14,21,24-27,31-32H,3-5,12-13,15-17H2,1-2H3. The van der Waals surface area contributed by atoms with Crippen molar-refractivity contribution in [3.05, 3.63) is 69.7 Å². The SMILES string of the molecule is CCOC(=O)C1CCCN(CC2OC(c3ccc(Cl)c(Cc4ccc(C)cc4)c3)CC(O)C2O)C1. The number of benzene rings is 2. The highest BCUT2D eigenvalue weighted by Gasteiger charge is 2.39. The third kappa shape index (κ3) is 6.63. The molecule has 0 amide bonds. The van der Waals surface area contributed by atoms with Crippen LogP contribution in [-0.2, 0) is 20.7 Å². The fourth-order valence-electron chi connectivity index (χ4n) is 5.10. The Balaban J connectivity index is 1.45. The van der Waals surface area contributed by atoms with E-state index in [1.54, 1.807) is 0 Å². The van der Waals surface area contributed by atoms with Crippen molar-refractivity contribution in [2.45, 2.75) is 63.9 Å². The smallest absolute Gasteiger partial charge is 0.310 e. The Labute approximate surface area is 212 Å². The molecule has 6 nitrogen and oxygen atoms in total. The number of esters is 1. The third-order valence-electron chi connectivity index (χ3n) is 7.09. The molecular weight excluding hydrogens is 466 g/mol. The van der Waals surface area contributed by atoms with E-state index in [9.17, 15) is 15.0 Å². The number of piperidine rings is 1. The summed E-state index contributed by atoms with van der Waals surface area (Å²) >= 11 is 6.51. The fourth-order valence-corrected chi connectivity index (χ4v) is 5.29. The molecule has 7 heteroatoms. The van der Waals surface area contributed by atoms with E-state index in [0.29, 0.717) is 37.6 Å². The molecule has 0 radical (unpaired) electrons. The number of halogens is 1. The van der Waals surface area contributed by atoms with Crippen LogP contribution in [0.4, 0.5) is 0 Å². The summed E-state index contributed by atoms with van der Waals surface area (Å²) in [6.07, 6.45) is -0.0549. The molecule has 0 aliphatic carbocycles. The van der Waals surface area contributed by atoms with Gasteiger partial charge in [-0.15, -0.1) is 0 Å². The van der Waals surface area contributed by atoms with Crippen molar-refractivity contribution in [1.29, 1.82) is 0 Å².